The molecule has 0 radical (unpaired) electrons. The van der Waals surface area contributed by atoms with Crippen LogP contribution in [-0.4, -0.2) is 24.3 Å². The van der Waals surface area contributed by atoms with E-state index in [0.29, 0.717) is 12.8 Å². The van der Waals surface area contributed by atoms with Gasteiger partial charge >= 0.3 is 5.97 Å². The van der Waals surface area contributed by atoms with Crippen molar-refractivity contribution in [2.45, 2.75) is 18.8 Å². The van der Waals surface area contributed by atoms with Crippen LogP contribution in [-0.2, 0) is 14.3 Å². The summed E-state index contributed by atoms with van der Waals surface area (Å²) in [6, 6.07) is 3.56. The summed E-state index contributed by atoms with van der Waals surface area (Å²) >= 11 is 0. The lowest BCUT2D eigenvalue weighted by Crippen LogP contribution is -2.14. The summed E-state index contributed by atoms with van der Waals surface area (Å²) in [5.74, 6) is -0.723. The van der Waals surface area contributed by atoms with Gasteiger partial charge in [-0.25, -0.2) is 0 Å². The molecule has 0 bridgehead atoms. The van der Waals surface area contributed by atoms with Crippen molar-refractivity contribution in [3.63, 3.8) is 0 Å². The fourth-order valence-electron chi connectivity index (χ4n) is 1.38. The molecule has 0 saturated carbocycles. The van der Waals surface area contributed by atoms with E-state index < -0.39 is 5.92 Å². The van der Waals surface area contributed by atoms with Crippen LogP contribution >= 0.6 is 0 Å². The highest BCUT2D eigenvalue weighted by atomic mass is 16.5. The Morgan fingerprint density at radius 3 is 3.00 bits per heavy atom. The largest absolute Gasteiger partial charge is 0.469 e. The molecule has 4 heteroatoms. The molecule has 0 amide bonds. The number of aromatic nitrogens is 1. The highest BCUT2D eigenvalue weighted by Crippen LogP contribution is 2.21. The number of nitrogens with zero attached hydrogens (tertiary/aromatic N) is 1. The molecule has 0 aliphatic rings. The van der Waals surface area contributed by atoms with Crippen LogP contribution in [0.2, 0.25) is 0 Å². The van der Waals surface area contributed by atoms with Gasteiger partial charge in [-0.15, -0.1) is 0 Å². The smallest absolute Gasteiger partial charge is 0.313 e. The minimum atomic E-state index is -0.395. The number of hydrogen-bond acceptors (Lipinski definition) is 4. The average Bonchev–Trinajstić information content (AvgIpc) is 2.30. The molecule has 0 fully saturated rings. The van der Waals surface area contributed by atoms with Gasteiger partial charge in [-0.1, -0.05) is 6.07 Å². The van der Waals surface area contributed by atoms with Gasteiger partial charge in [0.15, 0.2) is 0 Å². The normalized spacial score (nSPS) is 11.8. The van der Waals surface area contributed by atoms with Crippen molar-refractivity contribution in [1.29, 1.82) is 0 Å². The lowest BCUT2D eigenvalue weighted by atomic mass is 9.96. The number of carbonyl (C=O) groups is 2. The third-order valence-electron chi connectivity index (χ3n) is 2.15. The molecule has 1 unspecified atom stereocenters. The molecule has 1 rings (SSSR count). The summed E-state index contributed by atoms with van der Waals surface area (Å²) < 4.78 is 4.68. The molecule has 0 aliphatic carbocycles. The van der Waals surface area contributed by atoms with Crippen LogP contribution in [0.3, 0.4) is 0 Å². The van der Waals surface area contributed by atoms with E-state index in [4.69, 9.17) is 0 Å². The third kappa shape index (κ3) is 3.16. The van der Waals surface area contributed by atoms with Crippen molar-refractivity contribution < 1.29 is 14.3 Å². The number of rotatable bonds is 5. The van der Waals surface area contributed by atoms with Crippen LogP contribution < -0.4 is 0 Å². The fourth-order valence-corrected chi connectivity index (χ4v) is 1.38. The van der Waals surface area contributed by atoms with Gasteiger partial charge in [-0.2, -0.15) is 0 Å². The molecule has 80 valence electrons. The number of esters is 1. The molecular weight excluding hydrogens is 194 g/mol. The highest BCUT2D eigenvalue weighted by Gasteiger charge is 2.20. The summed E-state index contributed by atoms with van der Waals surface area (Å²) in [6.45, 7) is 0. The average molecular weight is 207 g/mol. The van der Waals surface area contributed by atoms with Crippen molar-refractivity contribution in [1.82, 2.24) is 4.98 Å². The summed E-state index contributed by atoms with van der Waals surface area (Å²) in [6.07, 6.45) is 4.85. The molecule has 0 aromatic carbocycles. The number of carbonyl (C=O) groups excluding carboxylic acids is 2. The highest BCUT2D eigenvalue weighted by molar-refractivity contribution is 5.78. The van der Waals surface area contributed by atoms with E-state index in [1.807, 2.05) is 0 Å². The zero-order valence-corrected chi connectivity index (χ0v) is 8.55. The Balaban J connectivity index is 2.81. The first-order valence-electron chi connectivity index (χ1n) is 4.71. The Labute approximate surface area is 88.3 Å². The Morgan fingerprint density at radius 2 is 2.47 bits per heavy atom. The Morgan fingerprint density at radius 1 is 1.67 bits per heavy atom. The summed E-state index contributed by atoms with van der Waals surface area (Å²) in [4.78, 5) is 25.7. The van der Waals surface area contributed by atoms with Crippen LogP contribution in [0.4, 0.5) is 0 Å². The molecule has 1 aromatic heterocycles. The first-order chi connectivity index (χ1) is 7.29. The van der Waals surface area contributed by atoms with Crippen LogP contribution in [0.1, 0.15) is 24.3 Å². The van der Waals surface area contributed by atoms with Crippen LogP contribution in [0, 0.1) is 0 Å². The number of hydrogen-bond donors (Lipinski definition) is 0. The number of pyridine rings is 1. The first kappa shape index (κ1) is 11.4. The zero-order chi connectivity index (χ0) is 11.1. The molecule has 0 spiro atoms. The van der Waals surface area contributed by atoms with Crippen LogP contribution in [0.15, 0.2) is 24.5 Å². The van der Waals surface area contributed by atoms with E-state index in [-0.39, 0.29) is 5.97 Å². The van der Waals surface area contributed by atoms with Gasteiger partial charge in [0.05, 0.1) is 13.0 Å². The molecule has 0 aliphatic heterocycles. The summed E-state index contributed by atoms with van der Waals surface area (Å²) in [5.41, 5.74) is 0.784. The fraction of sp³-hybridized carbons (Fsp3) is 0.364. The molecule has 1 atom stereocenters. The van der Waals surface area contributed by atoms with E-state index in [9.17, 15) is 9.59 Å². The van der Waals surface area contributed by atoms with E-state index in [0.717, 1.165) is 11.8 Å². The van der Waals surface area contributed by atoms with Crippen LogP contribution in [0.25, 0.3) is 0 Å². The van der Waals surface area contributed by atoms with E-state index in [1.54, 1.807) is 24.5 Å². The van der Waals surface area contributed by atoms with Gasteiger partial charge in [0.25, 0.3) is 0 Å². The van der Waals surface area contributed by atoms with Gasteiger partial charge in [-0.05, 0) is 18.1 Å². The molecule has 1 aromatic rings. The number of methoxy groups -OCH3 is 1. The zero-order valence-electron chi connectivity index (χ0n) is 8.55. The maximum absolute atomic E-state index is 11.5. The monoisotopic (exact) mass is 207 g/mol. The quantitative estimate of drug-likeness (QED) is 0.539. The van der Waals surface area contributed by atoms with Gasteiger partial charge in [-0.3, -0.25) is 9.78 Å². The standard InChI is InChI=1S/C11H13NO3/c1-15-11(14)10(5-3-7-13)9-4-2-6-12-8-9/h2,4,6-8,10H,3,5H2,1H3. The van der Waals surface area contributed by atoms with E-state index >= 15 is 0 Å². The predicted octanol–water partition coefficient (Wildman–Crippen LogP) is 1.32. The molecule has 0 N–H and O–H groups in total. The SMILES string of the molecule is COC(=O)C(CCC=O)c1cccnc1. The van der Waals surface area contributed by atoms with Crippen LogP contribution in [0.5, 0.6) is 0 Å². The van der Waals surface area contributed by atoms with Crippen molar-refractivity contribution in [3.05, 3.63) is 30.1 Å². The lowest BCUT2D eigenvalue weighted by Gasteiger charge is -2.12. The summed E-state index contributed by atoms with van der Waals surface area (Å²) in [5, 5.41) is 0. The summed E-state index contributed by atoms with van der Waals surface area (Å²) in [7, 11) is 1.34. The number of aldehydes is 1. The predicted molar refractivity (Wildman–Crippen MR) is 54.3 cm³/mol. The second-order valence-electron chi connectivity index (χ2n) is 3.11. The second kappa shape index (κ2) is 5.90. The van der Waals surface area contributed by atoms with Crippen molar-refractivity contribution in [2.75, 3.05) is 7.11 Å². The Bertz CT molecular complexity index is 324. The third-order valence-corrected chi connectivity index (χ3v) is 2.15. The van der Waals surface area contributed by atoms with E-state index in [1.165, 1.54) is 7.11 Å². The minimum absolute atomic E-state index is 0.329. The van der Waals surface area contributed by atoms with Crippen molar-refractivity contribution in [3.8, 4) is 0 Å². The van der Waals surface area contributed by atoms with Crippen molar-refractivity contribution in [2.24, 2.45) is 0 Å². The van der Waals surface area contributed by atoms with Gasteiger partial charge in [0.2, 0.25) is 0 Å². The Kier molecular flexibility index (Phi) is 4.47. The molecule has 4 nitrogen and oxygen atoms in total. The molecular formula is C11H13NO3. The maximum Gasteiger partial charge on any atom is 0.313 e. The Hall–Kier alpha value is -1.71. The van der Waals surface area contributed by atoms with Gasteiger partial charge < -0.3 is 9.53 Å². The molecule has 15 heavy (non-hydrogen) atoms. The topological polar surface area (TPSA) is 56.3 Å². The molecule has 1 heterocycles. The number of ether oxygens (including phenoxy) is 1. The maximum atomic E-state index is 11.5. The minimum Gasteiger partial charge on any atom is -0.469 e. The van der Waals surface area contributed by atoms with Gasteiger partial charge in [0.1, 0.15) is 6.29 Å². The molecule has 0 saturated heterocycles. The second-order valence-corrected chi connectivity index (χ2v) is 3.11. The lowest BCUT2D eigenvalue weighted by molar-refractivity contribution is -0.142. The first-order valence-corrected chi connectivity index (χ1v) is 4.71. The van der Waals surface area contributed by atoms with Gasteiger partial charge in [0, 0.05) is 18.8 Å². The van der Waals surface area contributed by atoms with Crippen molar-refractivity contribution >= 4 is 12.3 Å². The van der Waals surface area contributed by atoms with E-state index in [2.05, 4.69) is 9.72 Å².